The lowest BCUT2D eigenvalue weighted by Crippen LogP contribution is -2.41. The van der Waals surface area contributed by atoms with E-state index in [2.05, 4.69) is 15.9 Å². The minimum Gasteiger partial charge on any atom is -0.480 e. The Balaban J connectivity index is 1.96. The number of halogens is 1. The van der Waals surface area contributed by atoms with Crippen LogP contribution in [0, 0.1) is 0 Å². The van der Waals surface area contributed by atoms with Gasteiger partial charge < -0.3 is 14.4 Å². The van der Waals surface area contributed by atoms with E-state index in [1.54, 1.807) is 6.07 Å². The second-order valence-corrected chi connectivity index (χ2v) is 6.25. The summed E-state index contributed by atoms with van der Waals surface area (Å²) in [6, 6.07) is 6.37. The molecule has 1 fully saturated rings. The number of furan rings is 1. The van der Waals surface area contributed by atoms with Crippen molar-refractivity contribution in [2.24, 2.45) is 0 Å². The van der Waals surface area contributed by atoms with E-state index >= 15 is 0 Å². The van der Waals surface area contributed by atoms with Crippen LogP contribution in [0.5, 0.6) is 0 Å². The number of carboxylic acid groups (broad SMARTS) is 1. The van der Waals surface area contributed by atoms with Gasteiger partial charge in [-0.3, -0.25) is 4.79 Å². The van der Waals surface area contributed by atoms with Gasteiger partial charge in [0.25, 0.3) is 5.91 Å². The Morgan fingerprint density at radius 3 is 2.95 bits per heavy atom. The predicted octanol–water partition coefficient (Wildman–Crippen LogP) is 2.80. The normalized spacial score (nSPS) is 18.6. The Bertz CT molecular complexity index is 699. The first-order valence-corrected chi connectivity index (χ1v) is 7.82. The monoisotopic (exact) mass is 355 g/mol. The quantitative estimate of drug-likeness (QED) is 0.896. The fourth-order valence-electron chi connectivity index (χ4n) is 2.12. The van der Waals surface area contributed by atoms with Crippen LogP contribution >= 0.6 is 27.7 Å². The van der Waals surface area contributed by atoms with Crippen LogP contribution in [0.3, 0.4) is 0 Å². The zero-order valence-corrected chi connectivity index (χ0v) is 12.6. The van der Waals surface area contributed by atoms with Crippen LogP contribution in [0.2, 0.25) is 0 Å². The highest BCUT2D eigenvalue weighted by Gasteiger charge is 2.36. The van der Waals surface area contributed by atoms with Crippen LogP contribution in [-0.4, -0.2) is 39.6 Å². The van der Waals surface area contributed by atoms with Crippen LogP contribution < -0.4 is 0 Å². The summed E-state index contributed by atoms with van der Waals surface area (Å²) in [7, 11) is 0. The number of carboxylic acids is 1. The molecule has 1 N–H and O–H groups in total. The molecule has 0 saturated carbocycles. The molecule has 1 saturated heterocycles. The van der Waals surface area contributed by atoms with Crippen molar-refractivity contribution in [1.29, 1.82) is 0 Å². The first-order valence-electron chi connectivity index (χ1n) is 5.87. The number of nitrogens with zero attached hydrogens (tertiary/aromatic N) is 1. The number of thioether (sulfide) groups is 1. The molecule has 1 atom stereocenters. The van der Waals surface area contributed by atoms with Crippen LogP contribution in [-0.2, 0) is 4.79 Å². The Morgan fingerprint density at radius 1 is 1.45 bits per heavy atom. The molecule has 3 rings (SSSR count). The van der Waals surface area contributed by atoms with Gasteiger partial charge in [0.15, 0.2) is 5.76 Å². The number of carbonyl (C=O) groups excluding carboxylic acids is 1. The fraction of sp³-hybridized carbons (Fsp3) is 0.231. The third-order valence-electron chi connectivity index (χ3n) is 3.14. The maximum atomic E-state index is 12.4. The molecule has 1 aliphatic heterocycles. The van der Waals surface area contributed by atoms with Gasteiger partial charge in [0.1, 0.15) is 11.6 Å². The van der Waals surface area contributed by atoms with Crippen molar-refractivity contribution in [3.05, 3.63) is 34.5 Å². The molecular formula is C13H10BrNO4S. The molecule has 0 bridgehead atoms. The van der Waals surface area contributed by atoms with E-state index < -0.39 is 12.0 Å². The molecule has 1 amide bonds. The summed E-state index contributed by atoms with van der Waals surface area (Å²) in [6.45, 7) is 0. The summed E-state index contributed by atoms with van der Waals surface area (Å²) in [5.41, 5.74) is 0.592. The average Bonchev–Trinajstić information content (AvgIpc) is 3.05. The molecule has 1 unspecified atom stereocenters. The molecule has 0 spiro atoms. The molecule has 20 heavy (non-hydrogen) atoms. The van der Waals surface area contributed by atoms with Crippen molar-refractivity contribution in [1.82, 2.24) is 4.90 Å². The van der Waals surface area contributed by atoms with E-state index in [1.165, 1.54) is 16.7 Å². The number of fused-ring (bicyclic) bond motifs is 1. The van der Waals surface area contributed by atoms with Gasteiger partial charge in [-0.15, -0.1) is 11.8 Å². The summed E-state index contributed by atoms with van der Waals surface area (Å²) in [5, 5.41) is 9.92. The zero-order valence-electron chi connectivity index (χ0n) is 10.2. The molecule has 0 aliphatic carbocycles. The van der Waals surface area contributed by atoms with E-state index in [0.717, 1.165) is 9.86 Å². The largest absolute Gasteiger partial charge is 0.480 e. The molecule has 1 aromatic carbocycles. The second-order valence-electron chi connectivity index (χ2n) is 4.40. The molecule has 1 aromatic heterocycles. The van der Waals surface area contributed by atoms with Gasteiger partial charge in [-0.1, -0.05) is 12.1 Å². The molecule has 7 heteroatoms. The first kappa shape index (κ1) is 13.5. The number of para-hydroxylation sites is 1. The molecule has 5 nitrogen and oxygen atoms in total. The minimum absolute atomic E-state index is 0.167. The van der Waals surface area contributed by atoms with Gasteiger partial charge >= 0.3 is 5.97 Å². The summed E-state index contributed by atoms with van der Waals surface area (Å²) in [6.07, 6.45) is 0. The lowest BCUT2D eigenvalue weighted by molar-refractivity contribution is -0.140. The highest BCUT2D eigenvalue weighted by atomic mass is 79.9. The summed E-state index contributed by atoms with van der Waals surface area (Å²) >= 11 is 4.79. The van der Waals surface area contributed by atoms with E-state index in [4.69, 9.17) is 9.52 Å². The van der Waals surface area contributed by atoms with Crippen LogP contribution in [0.4, 0.5) is 0 Å². The number of hydrogen-bond acceptors (Lipinski definition) is 4. The van der Waals surface area contributed by atoms with Gasteiger partial charge in [0, 0.05) is 11.1 Å². The highest BCUT2D eigenvalue weighted by Crippen LogP contribution is 2.29. The van der Waals surface area contributed by atoms with Gasteiger partial charge in [0.05, 0.1) is 10.3 Å². The number of aliphatic carboxylic acids is 1. The Kier molecular flexibility index (Phi) is 3.47. The van der Waals surface area contributed by atoms with E-state index in [1.807, 2.05) is 18.2 Å². The molecule has 104 valence electrons. The van der Waals surface area contributed by atoms with Gasteiger partial charge in [-0.05, 0) is 28.1 Å². The third kappa shape index (κ3) is 2.20. The number of benzene rings is 1. The van der Waals surface area contributed by atoms with Crippen molar-refractivity contribution >= 4 is 50.5 Å². The Hall–Kier alpha value is -1.47. The fourth-order valence-corrected chi connectivity index (χ4v) is 3.73. The number of rotatable bonds is 2. The SMILES string of the molecule is O=C(O)C1CSCN1C(=O)c1cc2cccc(Br)c2o1. The van der Waals surface area contributed by atoms with Crippen molar-refractivity contribution in [3.8, 4) is 0 Å². The lowest BCUT2D eigenvalue weighted by atomic mass is 10.2. The average molecular weight is 356 g/mol. The maximum Gasteiger partial charge on any atom is 0.327 e. The minimum atomic E-state index is -0.986. The van der Waals surface area contributed by atoms with Crippen molar-refractivity contribution in [3.63, 3.8) is 0 Å². The van der Waals surface area contributed by atoms with Gasteiger partial charge in [-0.25, -0.2) is 4.79 Å². The van der Waals surface area contributed by atoms with Gasteiger partial charge in [0.2, 0.25) is 0 Å². The first-order chi connectivity index (χ1) is 9.58. The van der Waals surface area contributed by atoms with Crippen LogP contribution in [0.25, 0.3) is 11.0 Å². The Labute approximate surface area is 127 Å². The maximum absolute atomic E-state index is 12.4. The zero-order chi connectivity index (χ0) is 14.3. The second kappa shape index (κ2) is 5.14. The van der Waals surface area contributed by atoms with Gasteiger partial charge in [-0.2, -0.15) is 0 Å². The predicted molar refractivity (Wildman–Crippen MR) is 78.8 cm³/mol. The van der Waals surface area contributed by atoms with Crippen molar-refractivity contribution in [2.75, 3.05) is 11.6 Å². The highest BCUT2D eigenvalue weighted by molar-refractivity contribution is 9.10. The number of hydrogen-bond donors (Lipinski definition) is 1. The topological polar surface area (TPSA) is 70.8 Å². The molecule has 2 aromatic rings. The van der Waals surface area contributed by atoms with Crippen molar-refractivity contribution < 1.29 is 19.1 Å². The number of amides is 1. The summed E-state index contributed by atoms with van der Waals surface area (Å²) < 4.78 is 6.32. The standard InChI is InChI=1S/C13H10BrNO4S/c14-8-3-1-2-7-4-10(19-11(7)8)12(16)15-6-20-5-9(15)13(17)18/h1-4,9H,5-6H2,(H,17,18). The smallest absolute Gasteiger partial charge is 0.327 e. The summed E-state index contributed by atoms with van der Waals surface area (Å²) in [5.74, 6) is -0.425. The molecule has 2 heterocycles. The molecule has 0 radical (unpaired) electrons. The molecule has 1 aliphatic rings. The summed E-state index contributed by atoms with van der Waals surface area (Å²) in [4.78, 5) is 24.8. The van der Waals surface area contributed by atoms with E-state index in [9.17, 15) is 9.59 Å². The van der Waals surface area contributed by atoms with Crippen molar-refractivity contribution in [2.45, 2.75) is 6.04 Å². The van der Waals surface area contributed by atoms with E-state index in [-0.39, 0.29) is 11.7 Å². The number of carbonyl (C=O) groups is 2. The lowest BCUT2D eigenvalue weighted by Gasteiger charge is -2.18. The van der Waals surface area contributed by atoms with Crippen LogP contribution in [0.15, 0.2) is 33.2 Å². The Morgan fingerprint density at radius 2 is 2.25 bits per heavy atom. The molecular weight excluding hydrogens is 346 g/mol. The van der Waals surface area contributed by atoms with Crippen LogP contribution in [0.1, 0.15) is 10.6 Å². The third-order valence-corrected chi connectivity index (χ3v) is 4.77. The van der Waals surface area contributed by atoms with E-state index in [0.29, 0.717) is 17.2 Å².